The predicted molar refractivity (Wildman–Crippen MR) is 175 cm³/mol. The molecule has 1 aliphatic heterocycles. The summed E-state index contributed by atoms with van der Waals surface area (Å²) < 4.78 is 5.34. The number of furan rings is 1. The Morgan fingerprint density at radius 3 is 2.39 bits per heavy atom. The van der Waals surface area contributed by atoms with Crippen molar-refractivity contribution in [1.82, 2.24) is 20.9 Å². The highest BCUT2D eigenvalue weighted by Crippen LogP contribution is 2.27. The van der Waals surface area contributed by atoms with Gasteiger partial charge in [-0.3, -0.25) is 14.4 Å². The largest absolute Gasteiger partial charge is 0.468 e. The Morgan fingerprint density at radius 1 is 0.932 bits per heavy atom. The van der Waals surface area contributed by atoms with E-state index >= 15 is 0 Å². The van der Waals surface area contributed by atoms with Gasteiger partial charge in [0.05, 0.1) is 12.8 Å². The van der Waals surface area contributed by atoms with E-state index in [2.05, 4.69) is 61.8 Å². The van der Waals surface area contributed by atoms with E-state index in [-0.39, 0.29) is 23.6 Å². The number of amides is 3. The van der Waals surface area contributed by atoms with Crippen LogP contribution in [-0.2, 0) is 27.3 Å². The molecule has 1 aliphatic rings. The molecule has 2 aromatic carbocycles. The molecule has 0 aliphatic carbocycles. The summed E-state index contributed by atoms with van der Waals surface area (Å²) in [5, 5.41) is 11.6. The number of carbonyl (C=O) groups is 3. The first-order chi connectivity index (χ1) is 21.2. The van der Waals surface area contributed by atoms with Crippen molar-refractivity contribution in [1.29, 1.82) is 0 Å². The number of hydrogen-bond donors (Lipinski definition) is 3. The number of nitrogens with zero attached hydrogens (tertiary/aromatic N) is 1. The van der Waals surface area contributed by atoms with Crippen molar-refractivity contribution in [3.63, 3.8) is 0 Å². The number of rotatable bonds is 16. The second-order valence-corrected chi connectivity index (χ2v) is 13.0. The predicted octanol–water partition coefficient (Wildman–Crippen LogP) is 5.46. The van der Waals surface area contributed by atoms with Gasteiger partial charge < -0.3 is 25.3 Å². The second-order valence-electron chi connectivity index (χ2n) is 13.0. The van der Waals surface area contributed by atoms with Crippen LogP contribution in [0.2, 0.25) is 0 Å². The van der Waals surface area contributed by atoms with E-state index in [0.29, 0.717) is 44.3 Å². The van der Waals surface area contributed by atoms with Crippen LogP contribution in [0.3, 0.4) is 0 Å². The van der Waals surface area contributed by atoms with Gasteiger partial charge in [-0.2, -0.15) is 0 Å². The van der Waals surface area contributed by atoms with Gasteiger partial charge in [-0.1, -0.05) is 70.2 Å². The van der Waals surface area contributed by atoms with Crippen molar-refractivity contribution < 1.29 is 18.8 Å². The van der Waals surface area contributed by atoms with Gasteiger partial charge in [-0.05, 0) is 79.0 Å². The molecule has 2 heterocycles. The zero-order valence-electron chi connectivity index (χ0n) is 26.8. The minimum atomic E-state index is -0.751. The van der Waals surface area contributed by atoms with Crippen molar-refractivity contribution in [3.8, 4) is 0 Å². The van der Waals surface area contributed by atoms with Gasteiger partial charge in [0.2, 0.25) is 17.7 Å². The molecule has 8 nitrogen and oxygen atoms in total. The van der Waals surface area contributed by atoms with Gasteiger partial charge in [0.15, 0.2) is 0 Å². The highest BCUT2D eigenvalue weighted by atomic mass is 16.3. The third-order valence-corrected chi connectivity index (χ3v) is 8.30. The van der Waals surface area contributed by atoms with Gasteiger partial charge in [0.1, 0.15) is 17.8 Å². The van der Waals surface area contributed by atoms with Crippen LogP contribution in [0.25, 0.3) is 10.8 Å². The van der Waals surface area contributed by atoms with Crippen molar-refractivity contribution in [2.24, 2.45) is 17.8 Å². The highest BCUT2D eigenvalue weighted by molar-refractivity contribution is 5.93. The summed E-state index contributed by atoms with van der Waals surface area (Å²) in [7, 11) is 0. The number of carbonyl (C=O) groups excluding carboxylic acids is 3. The minimum Gasteiger partial charge on any atom is -0.468 e. The summed E-state index contributed by atoms with van der Waals surface area (Å²) in [5.74, 6) is 1.17. The lowest BCUT2D eigenvalue weighted by Gasteiger charge is -2.31. The molecule has 238 valence electrons. The summed E-state index contributed by atoms with van der Waals surface area (Å²) in [4.78, 5) is 42.8. The smallest absolute Gasteiger partial charge is 0.243 e. The summed E-state index contributed by atoms with van der Waals surface area (Å²) in [6.45, 7) is 11.0. The van der Waals surface area contributed by atoms with Crippen LogP contribution in [0, 0.1) is 17.8 Å². The van der Waals surface area contributed by atoms with Crippen LogP contribution in [0.15, 0.2) is 65.3 Å². The molecule has 3 amide bonds. The van der Waals surface area contributed by atoms with Crippen LogP contribution in [0.5, 0.6) is 0 Å². The van der Waals surface area contributed by atoms with E-state index in [1.165, 1.54) is 0 Å². The number of hydrogen-bond acceptors (Lipinski definition) is 5. The third-order valence-electron chi connectivity index (χ3n) is 8.30. The quantitative estimate of drug-likeness (QED) is 0.189. The Labute approximate surface area is 262 Å². The number of benzene rings is 2. The third kappa shape index (κ3) is 9.68. The Morgan fingerprint density at radius 2 is 1.68 bits per heavy atom. The van der Waals surface area contributed by atoms with Crippen LogP contribution in [0.1, 0.15) is 71.1 Å². The van der Waals surface area contributed by atoms with E-state index in [4.69, 9.17) is 4.42 Å². The Bertz CT molecular complexity index is 1340. The first kappa shape index (κ1) is 33.2. The normalized spacial score (nSPS) is 15.8. The van der Waals surface area contributed by atoms with Crippen molar-refractivity contribution in [2.45, 2.75) is 84.8 Å². The first-order valence-corrected chi connectivity index (χ1v) is 16.3. The molecule has 1 aromatic heterocycles. The van der Waals surface area contributed by atoms with Gasteiger partial charge in [-0.25, -0.2) is 0 Å². The fourth-order valence-electron chi connectivity index (χ4n) is 6.23. The lowest BCUT2D eigenvalue weighted by atomic mass is 9.88. The Balaban J connectivity index is 1.42. The highest BCUT2D eigenvalue weighted by Gasteiger charge is 2.38. The van der Waals surface area contributed by atoms with E-state index in [1.54, 1.807) is 11.2 Å². The lowest BCUT2D eigenvalue weighted by Crippen LogP contribution is -2.54. The average molecular weight is 603 g/mol. The summed E-state index contributed by atoms with van der Waals surface area (Å²) in [6.07, 6.45) is 5.77. The molecule has 2 atom stereocenters. The van der Waals surface area contributed by atoms with Gasteiger partial charge in [-0.15, -0.1) is 0 Å². The summed E-state index contributed by atoms with van der Waals surface area (Å²) >= 11 is 0. The molecule has 0 saturated carbocycles. The number of likely N-dealkylation sites (tertiary alicyclic amines) is 1. The SMILES string of the molecule is CC(C)CC(CC(C)C)C(=O)N1CCCC1C(=O)NC(Cc1ccc2ccccc2c1)C(=O)NCCCNCc1ccco1. The lowest BCUT2D eigenvalue weighted by molar-refractivity contribution is -0.143. The van der Waals surface area contributed by atoms with Crippen molar-refractivity contribution in [3.05, 3.63) is 72.2 Å². The molecule has 0 radical (unpaired) electrons. The molecule has 44 heavy (non-hydrogen) atoms. The van der Waals surface area contributed by atoms with Gasteiger partial charge in [0, 0.05) is 25.4 Å². The monoisotopic (exact) mass is 602 g/mol. The van der Waals surface area contributed by atoms with Crippen LogP contribution >= 0.6 is 0 Å². The summed E-state index contributed by atoms with van der Waals surface area (Å²) in [5.41, 5.74) is 0.970. The zero-order chi connectivity index (χ0) is 31.5. The fraction of sp³-hybridized carbons (Fsp3) is 0.528. The topological polar surface area (TPSA) is 104 Å². The standard InChI is InChI=1S/C36H50N4O4/c1-25(2)20-30(21-26(3)4)36(43)40-18-7-13-33(40)35(42)39-32(23-27-14-15-28-10-5-6-11-29(28)22-27)34(41)38-17-9-16-37-24-31-12-8-19-44-31/h5-6,8,10-12,14-15,19,22,25-26,30,32-33,37H,7,9,13,16-18,20-21,23-24H2,1-4H3,(H,38,41)(H,39,42). The van der Waals surface area contributed by atoms with Crippen molar-refractivity contribution >= 4 is 28.5 Å². The summed E-state index contributed by atoms with van der Waals surface area (Å²) in [6, 6.07) is 16.7. The molecule has 3 N–H and O–H groups in total. The molecule has 4 rings (SSSR count). The van der Waals surface area contributed by atoms with Gasteiger partial charge >= 0.3 is 0 Å². The molecular weight excluding hydrogens is 552 g/mol. The molecule has 8 heteroatoms. The molecule has 1 fully saturated rings. The first-order valence-electron chi connectivity index (χ1n) is 16.3. The Hall–Kier alpha value is -3.65. The second kappa shape index (κ2) is 16.4. The maximum absolute atomic E-state index is 13.8. The molecule has 0 spiro atoms. The van der Waals surface area contributed by atoms with E-state index in [0.717, 1.165) is 54.3 Å². The molecule has 2 unspecified atom stereocenters. The Kier molecular flexibility index (Phi) is 12.4. The average Bonchev–Trinajstić information content (AvgIpc) is 3.70. The molecule has 0 bridgehead atoms. The van der Waals surface area contributed by atoms with E-state index in [9.17, 15) is 14.4 Å². The van der Waals surface area contributed by atoms with Crippen LogP contribution < -0.4 is 16.0 Å². The van der Waals surface area contributed by atoms with Crippen LogP contribution in [0.4, 0.5) is 0 Å². The molecular formula is C36H50N4O4. The molecule has 3 aromatic rings. The zero-order valence-corrected chi connectivity index (χ0v) is 26.8. The number of nitrogens with one attached hydrogen (secondary N) is 3. The van der Waals surface area contributed by atoms with E-state index < -0.39 is 12.1 Å². The van der Waals surface area contributed by atoms with Gasteiger partial charge in [0.25, 0.3) is 0 Å². The maximum Gasteiger partial charge on any atom is 0.243 e. The minimum absolute atomic E-state index is 0.0719. The maximum atomic E-state index is 13.8. The molecule has 1 saturated heterocycles. The van der Waals surface area contributed by atoms with Crippen molar-refractivity contribution in [2.75, 3.05) is 19.6 Å². The van der Waals surface area contributed by atoms with Crippen LogP contribution in [-0.4, -0.2) is 54.3 Å². The number of fused-ring (bicyclic) bond motifs is 1. The van der Waals surface area contributed by atoms with E-state index in [1.807, 2.05) is 36.4 Å². The fourth-order valence-corrected chi connectivity index (χ4v) is 6.23.